The second-order valence-electron chi connectivity index (χ2n) is 8.15. The van der Waals surface area contributed by atoms with Crippen molar-refractivity contribution in [2.45, 2.75) is 0 Å². The summed E-state index contributed by atoms with van der Waals surface area (Å²) in [6.07, 6.45) is 1.73. The molecule has 8 nitrogen and oxygen atoms in total. The van der Waals surface area contributed by atoms with E-state index in [2.05, 4.69) is 20.5 Å². The SMILES string of the molecule is O=C(Nc1cccc(C(=O)c2ccc3ncc(N4CCOCC4)nc3c2)c1)Nc1ccc(Cl)c(F)c1. The maximum Gasteiger partial charge on any atom is 0.323 e. The molecule has 0 spiro atoms. The minimum atomic E-state index is -0.640. The van der Waals surface area contributed by atoms with Gasteiger partial charge in [0.15, 0.2) is 5.78 Å². The van der Waals surface area contributed by atoms with Crippen molar-refractivity contribution in [1.82, 2.24) is 9.97 Å². The fourth-order valence-electron chi connectivity index (χ4n) is 3.86. The summed E-state index contributed by atoms with van der Waals surface area (Å²) in [5.74, 6) is -0.119. The van der Waals surface area contributed by atoms with E-state index in [-0.39, 0.29) is 16.5 Å². The normalized spacial score (nSPS) is 13.4. The van der Waals surface area contributed by atoms with Gasteiger partial charge in [0.2, 0.25) is 0 Å². The maximum absolute atomic E-state index is 13.6. The Bertz CT molecular complexity index is 1460. The first kappa shape index (κ1) is 23.7. The van der Waals surface area contributed by atoms with Crippen LogP contribution in [-0.2, 0) is 4.74 Å². The fraction of sp³-hybridized carbons (Fsp3) is 0.154. The first-order chi connectivity index (χ1) is 17.5. The maximum atomic E-state index is 13.6. The third-order valence-electron chi connectivity index (χ3n) is 5.69. The smallest absolute Gasteiger partial charge is 0.323 e. The van der Waals surface area contributed by atoms with Crippen molar-refractivity contribution in [3.05, 3.63) is 88.8 Å². The Balaban J connectivity index is 1.32. The van der Waals surface area contributed by atoms with Gasteiger partial charge >= 0.3 is 6.03 Å². The number of urea groups is 1. The molecule has 0 atom stereocenters. The van der Waals surface area contributed by atoms with E-state index < -0.39 is 11.8 Å². The first-order valence-electron chi connectivity index (χ1n) is 11.2. The molecule has 0 radical (unpaired) electrons. The van der Waals surface area contributed by atoms with Crippen molar-refractivity contribution in [3.63, 3.8) is 0 Å². The summed E-state index contributed by atoms with van der Waals surface area (Å²) in [6, 6.07) is 15.1. The molecular formula is C26H21ClFN5O3. The van der Waals surface area contributed by atoms with Crippen LogP contribution in [0.3, 0.4) is 0 Å². The third-order valence-corrected chi connectivity index (χ3v) is 5.99. The Hall–Kier alpha value is -4.08. The highest BCUT2D eigenvalue weighted by Crippen LogP contribution is 2.22. The minimum Gasteiger partial charge on any atom is -0.378 e. The molecule has 1 saturated heterocycles. The van der Waals surface area contributed by atoms with Gasteiger partial charge in [-0.3, -0.25) is 9.78 Å². The summed E-state index contributed by atoms with van der Waals surface area (Å²) in [4.78, 5) is 36.8. The molecule has 1 fully saturated rings. The van der Waals surface area contributed by atoms with E-state index in [1.807, 2.05) is 0 Å². The molecule has 4 aromatic rings. The van der Waals surface area contributed by atoms with E-state index in [0.717, 1.165) is 25.0 Å². The van der Waals surface area contributed by atoms with Crippen LogP contribution in [0.4, 0.5) is 26.4 Å². The van der Waals surface area contributed by atoms with Gasteiger partial charge in [0.1, 0.15) is 11.6 Å². The lowest BCUT2D eigenvalue weighted by molar-refractivity contribution is 0.103. The second kappa shape index (κ2) is 10.3. The minimum absolute atomic E-state index is 0.0378. The molecular weight excluding hydrogens is 485 g/mol. The van der Waals surface area contributed by atoms with Crippen LogP contribution in [-0.4, -0.2) is 48.1 Å². The standard InChI is InChI=1S/C26H21ClFN5O3/c27-20-6-5-19(14-21(20)28)31-26(35)30-18-3-1-2-16(12-18)25(34)17-4-7-22-23(13-17)32-24(15-29-22)33-8-10-36-11-9-33/h1-7,12-15H,8-11H2,(H2,30,31,35). The number of rotatable bonds is 5. The van der Waals surface area contributed by atoms with Gasteiger partial charge in [0, 0.05) is 35.6 Å². The number of morpholine rings is 1. The number of amides is 2. The summed E-state index contributed by atoms with van der Waals surface area (Å²) < 4.78 is 19.0. The number of nitrogens with zero attached hydrogens (tertiary/aromatic N) is 3. The highest BCUT2D eigenvalue weighted by Gasteiger charge is 2.16. The zero-order chi connectivity index (χ0) is 25.1. The molecule has 182 valence electrons. The number of halogens is 2. The molecule has 1 aliphatic heterocycles. The molecule has 2 N–H and O–H groups in total. The number of aromatic nitrogens is 2. The Labute approximate surface area is 211 Å². The zero-order valence-electron chi connectivity index (χ0n) is 19.0. The van der Waals surface area contributed by atoms with Gasteiger partial charge in [-0.1, -0.05) is 23.7 Å². The quantitative estimate of drug-likeness (QED) is 0.365. The van der Waals surface area contributed by atoms with Gasteiger partial charge in [-0.15, -0.1) is 0 Å². The van der Waals surface area contributed by atoms with Crippen LogP contribution in [0.15, 0.2) is 66.9 Å². The largest absolute Gasteiger partial charge is 0.378 e. The summed E-state index contributed by atoms with van der Waals surface area (Å²) in [6.45, 7) is 2.74. The van der Waals surface area contributed by atoms with E-state index in [0.29, 0.717) is 41.1 Å². The second-order valence-corrected chi connectivity index (χ2v) is 8.56. The highest BCUT2D eigenvalue weighted by molar-refractivity contribution is 6.30. The Morgan fingerprint density at radius 3 is 2.44 bits per heavy atom. The average molecular weight is 506 g/mol. The zero-order valence-corrected chi connectivity index (χ0v) is 19.8. The van der Waals surface area contributed by atoms with Crippen LogP contribution in [0.1, 0.15) is 15.9 Å². The number of anilines is 3. The van der Waals surface area contributed by atoms with Crippen LogP contribution in [0.5, 0.6) is 0 Å². The summed E-state index contributed by atoms with van der Waals surface area (Å²) >= 11 is 5.67. The lowest BCUT2D eigenvalue weighted by Gasteiger charge is -2.27. The molecule has 0 saturated carbocycles. The first-order valence-corrected chi connectivity index (χ1v) is 11.6. The molecule has 2 heterocycles. The summed E-state index contributed by atoms with van der Waals surface area (Å²) in [5.41, 5.74) is 2.80. The summed E-state index contributed by atoms with van der Waals surface area (Å²) in [7, 11) is 0. The highest BCUT2D eigenvalue weighted by atomic mass is 35.5. The monoisotopic (exact) mass is 505 g/mol. The number of ether oxygens (including phenoxy) is 1. The van der Waals surface area contributed by atoms with Crippen LogP contribution in [0.25, 0.3) is 11.0 Å². The van der Waals surface area contributed by atoms with Crippen molar-refractivity contribution in [2.24, 2.45) is 0 Å². The molecule has 0 bridgehead atoms. The van der Waals surface area contributed by atoms with E-state index in [9.17, 15) is 14.0 Å². The molecule has 3 aromatic carbocycles. The molecule has 36 heavy (non-hydrogen) atoms. The van der Waals surface area contributed by atoms with Crippen LogP contribution < -0.4 is 15.5 Å². The molecule has 5 rings (SSSR count). The number of benzene rings is 3. The topological polar surface area (TPSA) is 96.5 Å². The number of nitrogens with one attached hydrogen (secondary N) is 2. The van der Waals surface area contributed by atoms with Gasteiger partial charge in [0.05, 0.1) is 35.5 Å². The lowest BCUT2D eigenvalue weighted by atomic mass is 10.0. The molecule has 1 aromatic heterocycles. The number of hydrogen-bond donors (Lipinski definition) is 2. The number of carbonyl (C=O) groups is 2. The van der Waals surface area contributed by atoms with Gasteiger partial charge in [-0.2, -0.15) is 0 Å². The summed E-state index contributed by atoms with van der Waals surface area (Å²) in [5, 5.41) is 5.14. The molecule has 1 aliphatic rings. The average Bonchev–Trinajstić information content (AvgIpc) is 2.90. The van der Waals surface area contributed by atoms with Gasteiger partial charge in [0.25, 0.3) is 0 Å². The predicted molar refractivity (Wildman–Crippen MR) is 136 cm³/mol. The molecule has 2 amide bonds. The fourth-order valence-corrected chi connectivity index (χ4v) is 3.98. The number of ketones is 1. The Morgan fingerprint density at radius 1 is 0.917 bits per heavy atom. The third kappa shape index (κ3) is 5.27. The predicted octanol–water partition coefficient (Wildman–Crippen LogP) is 5.13. The van der Waals surface area contributed by atoms with E-state index in [1.54, 1.807) is 48.7 Å². The Morgan fingerprint density at radius 2 is 1.67 bits per heavy atom. The molecule has 0 aliphatic carbocycles. The van der Waals surface area contributed by atoms with E-state index >= 15 is 0 Å². The van der Waals surface area contributed by atoms with Crippen LogP contribution >= 0.6 is 11.6 Å². The number of carbonyl (C=O) groups excluding carboxylic acids is 2. The van der Waals surface area contributed by atoms with Crippen LogP contribution in [0.2, 0.25) is 5.02 Å². The van der Waals surface area contributed by atoms with Crippen molar-refractivity contribution in [2.75, 3.05) is 41.8 Å². The van der Waals surface area contributed by atoms with E-state index in [1.165, 1.54) is 12.1 Å². The van der Waals surface area contributed by atoms with Gasteiger partial charge in [-0.25, -0.2) is 14.2 Å². The van der Waals surface area contributed by atoms with Crippen molar-refractivity contribution >= 4 is 51.6 Å². The molecule has 0 unspecified atom stereocenters. The van der Waals surface area contributed by atoms with Crippen LogP contribution in [0, 0.1) is 5.82 Å². The molecule has 10 heteroatoms. The van der Waals surface area contributed by atoms with Crippen molar-refractivity contribution < 1.29 is 18.7 Å². The number of hydrogen-bond acceptors (Lipinski definition) is 6. The van der Waals surface area contributed by atoms with Gasteiger partial charge in [-0.05, 0) is 48.5 Å². The van der Waals surface area contributed by atoms with E-state index in [4.69, 9.17) is 21.3 Å². The number of fused-ring (bicyclic) bond motifs is 1. The Kier molecular flexibility index (Phi) is 6.75. The van der Waals surface area contributed by atoms with Crippen molar-refractivity contribution in [1.29, 1.82) is 0 Å². The lowest BCUT2D eigenvalue weighted by Crippen LogP contribution is -2.36. The van der Waals surface area contributed by atoms with Crippen molar-refractivity contribution in [3.8, 4) is 0 Å². The van der Waals surface area contributed by atoms with Gasteiger partial charge < -0.3 is 20.3 Å².